The molecule has 1 aliphatic rings. The Morgan fingerprint density at radius 2 is 1.61 bits per heavy atom. The number of rotatable bonds is 12. The van der Waals surface area contributed by atoms with Crippen molar-refractivity contribution in [1.29, 1.82) is 0 Å². The van der Waals surface area contributed by atoms with Gasteiger partial charge in [0.2, 0.25) is 6.41 Å². The minimum atomic E-state index is -4.68. The fraction of sp³-hybridized carbons (Fsp3) is 0.316. The van der Waals surface area contributed by atoms with Gasteiger partial charge in [-0.05, 0) is 79.1 Å². The number of carboxylic acids is 1. The molecule has 7 nitrogen and oxygen atoms in total. The van der Waals surface area contributed by atoms with Crippen LogP contribution in [-0.2, 0) is 17.9 Å². The summed E-state index contributed by atoms with van der Waals surface area (Å²) >= 11 is 1.52. The van der Waals surface area contributed by atoms with Crippen LogP contribution in [0.15, 0.2) is 95.9 Å². The molecule has 1 aliphatic carbocycles. The Morgan fingerprint density at radius 1 is 0.939 bits per heavy atom. The molecule has 0 heterocycles. The number of benzene rings is 4. The van der Waals surface area contributed by atoms with Gasteiger partial charge in [-0.25, -0.2) is 9.10 Å². The number of aryl methyl sites for hydroxylation is 1. The molecule has 49 heavy (non-hydrogen) atoms. The zero-order chi connectivity index (χ0) is 35.4. The Kier molecular flexibility index (Phi) is 13.6. The van der Waals surface area contributed by atoms with E-state index in [1.165, 1.54) is 90.4 Å². The van der Waals surface area contributed by atoms with E-state index in [1.807, 2.05) is 54.6 Å². The molecule has 5 rings (SSSR count). The molecule has 0 atom stereocenters. The molecule has 2 N–H and O–H groups in total. The average Bonchev–Trinajstić information content (AvgIpc) is 3.08. The van der Waals surface area contributed by atoms with E-state index in [9.17, 15) is 27.9 Å². The van der Waals surface area contributed by atoms with Crippen molar-refractivity contribution in [1.82, 2.24) is 4.31 Å². The van der Waals surface area contributed by atoms with Gasteiger partial charge in [0.15, 0.2) is 0 Å². The molecular formula is C38H41F3N2O5S. The Bertz CT molecular complexity index is 1660. The minimum absolute atomic E-state index is 0.150. The number of aromatic carboxylic acids is 1. The molecule has 0 saturated heterocycles. The average molecular weight is 695 g/mol. The molecule has 11 heteroatoms. The Hall–Kier alpha value is -4.48. The lowest BCUT2D eigenvalue weighted by atomic mass is 9.84. The normalized spacial score (nSPS) is 13.3. The molecule has 0 aromatic heterocycles. The number of amides is 1. The molecule has 260 valence electrons. The second-order valence-electron chi connectivity index (χ2n) is 11.8. The maximum Gasteiger partial charge on any atom is 0.573 e. The van der Waals surface area contributed by atoms with Crippen molar-refractivity contribution in [2.24, 2.45) is 0 Å². The number of ether oxygens (including phenoxy) is 1. The molecule has 0 bridgehead atoms. The van der Waals surface area contributed by atoms with Crippen molar-refractivity contribution in [2.45, 2.75) is 76.2 Å². The summed E-state index contributed by atoms with van der Waals surface area (Å²) in [5.41, 5.74) is 4.29. The highest BCUT2D eigenvalue weighted by Gasteiger charge is 2.32. The number of halogens is 3. The summed E-state index contributed by atoms with van der Waals surface area (Å²) < 4.78 is 43.6. The quantitative estimate of drug-likeness (QED) is 0.113. The number of hydrogen-bond donors (Lipinski definition) is 2. The van der Waals surface area contributed by atoms with Crippen LogP contribution in [0.25, 0.3) is 0 Å². The van der Waals surface area contributed by atoms with Crippen LogP contribution in [0.4, 0.5) is 18.9 Å². The van der Waals surface area contributed by atoms with Gasteiger partial charge < -0.3 is 19.8 Å². The topological polar surface area (TPSA) is 90.3 Å². The van der Waals surface area contributed by atoms with Crippen molar-refractivity contribution in [2.75, 3.05) is 11.4 Å². The smallest absolute Gasteiger partial charge is 0.507 e. The predicted molar refractivity (Wildman–Crippen MR) is 186 cm³/mol. The van der Waals surface area contributed by atoms with Crippen molar-refractivity contribution < 1.29 is 37.7 Å². The van der Waals surface area contributed by atoms with Gasteiger partial charge in [-0.3, -0.25) is 4.79 Å². The predicted octanol–water partition coefficient (Wildman–Crippen LogP) is 9.72. The number of alkyl halides is 3. The molecule has 1 saturated carbocycles. The number of aromatic hydroxyl groups is 1. The van der Waals surface area contributed by atoms with Gasteiger partial charge in [-0.2, -0.15) is 0 Å². The summed E-state index contributed by atoms with van der Waals surface area (Å²) in [7, 11) is 0. The molecule has 1 amide bonds. The van der Waals surface area contributed by atoms with E-state index >= 15 is 0 Å². The summed E-state index contributed by atoms with van der Waals surface area (Å²) in [6.45, 7) is 5.39. The highest BCUT2D eigenvalue weighted by atomic mass is 32.2. The number of para-hydroxylation sites is 1. The SMILES string of the molecule is CCN(Cc1ccccc1OC(F)(F)F)Sc1ccc(C)cc1.O=CN(Cc1ccc(C2CCCCC2)cc1)c1ccc(C(=O)O)c(O)c1. The van der Waals surface area contributed by atoms with E-state index in [0.29, 0.717) is 43.2 Å². The van der Waals surface area contributed by atoms with E-state index in [-0.39, 0.29) is 17.1 Å². The zero-order valence-corrected chi connectivity index (χ0v) is 28.3. The Morgan fingerprint density at radius 3 is 2.20 bits per heavy atom. The molecule has 1 fully saturated rings. The first-order valence-corrected chi connectivity index (χ1v) is 16.9. The maximum absolute atomic E-state index is 12.5. The molecule has 0 unspecified atom stereocenters. The molecule has 0 radical (unpaired) electrons. The lowest BCUT2D eigenvalue weighted by Gasteiger charge is -2.23. The largest absolute Gasteiger partial charge is 0.573 e. The highest BCUT2D eigenvalue weighted by Crippen LogP contribution is 2.33. The van der Waals surface area contributed by atoms with E-state index < -0.39 is 12.3 Å². The van der Waals surface area contributed by atoms with Crippen LogP contribution in [0.1, 0.15) is 77.6 Å². The monoisotopic (exact) mass is 694 g/mol. The fourth-order valence-corrected chi connectivity index (χ4v) is 6.49. The lowest BCUT2D eigenvalue weighted by molar-refractivity contribution is -0.275. The first kappa shape index (κ1) is 37.3. The summed E-state index contributed by atoms with van der Waals surface area (Å²) in [6.07, 6.45) is 2.41. The molecule has 4 aromatic rings. The number of hydrogen-bond acceptors (Lipinski definition) is 6. The summed E-state index contributed by atoms with van der Waals surface area (Å²) in [5.74, 6) is -1.07. The third-order valence-corrected chi connectivity index (χ3v) is 9.36. The summed E-state index contributed by atoms with van der Waals surface area (Å²) in [5, 5.41) is 18.8. The van der Waals surface area contributed by atoms with Gasteiger partial charge in [0.05, 0.1) is 6.54 Å². The maximum atomic E-state index is 12.5. The van der Waals surface area contributed by atoms with Crippen LogP contribution < -0.4 is 9.64 Å². The second-order valence-corrected chi connectivity index (χ2v) is 13.0. The van der Waals surface area contributed by atoms with Gasteiger partial charge in [0.25, 0.3) is 0 Å². The van der Waals surface area contributed by atoms with Crippen molar-refractivity contribution >= 4 is 30.0 Å². The van der Waals surface area contributed by atoms with Crippen LogP contribution >= 0.6 is 11.9 Å². The Labute approximate surface area is 289 Å². The third kappa shape index (κ3) is 11.6. The van der Waals surface area contributed by atoms with E-state index in [4.69, 9.17) is 5.11 Å². The van der Waals surface area contributed by atoms with E-state index in [0.717, 1.165) is 10.5 Å². The van der Waals surface area contributed by atoms with Gasteiger partial charge in [-0.15, -0.1) is 13.2 Å². The third-order valence-electron chi connectivity index (χ3n) is 8.23. The van der Waals surface area contributed by atoms with Crippen LogP contribution in [0.5, 0.6) is 11.5 Å². The van der Waals surface area contributed by atoms with Crippen LogP contribution in [0.2, 0.25) is 0 Å². The zero-order valence-electron chi connectivity index (χ0n) is 27.5. The standard InChI is InChI=1S/C21H23NO4.C17H18F3NOS/c23-14-22(18-10-11-19(21(25)26)20(24)12-18)13-15-6-8-17(9-7-15)16-4-2-1-3-5-16;1-3-21(23-15-10-8-13(2)9-11-15)12-14-6-4-5-7-16(14)22-17(18,19)20/h6-12,14,16,24H,1-5,13H2,(H,25,26);4-11H,3,12H2,1-2H3. The first-order valence-electron chi connectivity index (χ1n) is 16.2. The van der Waals surface area contributed by atoms with Gasteiger partial charge in [0.1, 0.15) is 17.1 Å². The van der Waals surface area contributed by atoms with Gasteiger partial charge in [0, 0.05) is 35.3 Å². The summed E-state index contributed by atoms with van der Waals surface area (Å²) in [6, 6.07) is 26.7. The summed E-state index contributed by atoms with van der Waals surface area (Å²) in [4.78, 5) is 25.0. The van der Waals surface area contributed by atoms with Crippen LogP contribution in [-0.4, -0.2) is 39.8 Å². The molecule has 0 spiro atoms. The Balaban J connectivity index is 0.000000223. The second kappa shape index (κ2) is 17.8. The van der Waals surface area contributed by atoms with Crippen molar-refractivity contribution in [3.63, 3.8) is 0 Å². The van der Waals surface area contributed by atoms with Gasteiger partial charge >= 0.3 is 12.3 Å². The van der Waals surface area contributed by atoms with Gasteiger partial charge in [-0.1, -0.05) is 86.3 Å². The highest BCUT2D eigenvalue weighted by molar-refractivity contribution is 7.97. The number of nitrogens with zero attached hydrogens (tertiary/aromatic N) is 2. The molecule has 0 aliphatic heterocycles. The lowest BCUT2D eigenvalue weighted by Crippen LogP contribution is -2.20. The fourth-order valence-electron chi connectivity index (χ4n) is 5.60. The number of phenols is 1. The first-order chi connectivity index (χ1) is 23.5. The molecule has 4 aromatic carbocycles. The molecular weight excluding hydrogens is 653 g/mol. The number of carbonyl (C=O) groups excluding carboxylic acids is 1. The minimum Gasteiger partial charge on any atom is -0.507 e. The van der Waals surface area contributed by atoms with Crippen molar-refractivity contribution in [3.8, 4) is 11.5 Å². The number of anilines is 1. The van der Waals surface area contributed by atoms with E-state index in [2.05, 4.69) is 16.9 Å². The number of carboxylic acid groups (broad SMARTS) is 1. The number of carbonyl (C=O) groups is 2. The van der Waals surface area contributed by atoms with E-state index in [1.54, 1.807) is 12.1 Å². The van der Waals surface area contributed by atoms with Crippen LogP contribution in [0.3, 0.4) is 0 Å². The van der Waals surface area contributed by atoms with Crippen molar-refractivity contribution in [3.05, 3.63) is 119 Å². The van der Waals surface area contributed by atoms with Crippen LogP contribution in [0, 0.1) is 6.92 Å².